The molecular weight excluding hydrogens is 182 g/mol. The average Bonchev–Trinajstić information content (AvgIpc) is 2.45. The van der Waals surface area contributed by atoms with Gasteiger partial charge in [-0.2, -0.15) is 0 Å². The third-order valence-electron chi connectivity index (χ3n) is 3.76. The van der Waals surface area contributed by atoms with E-state index in [1.54, 1.807) is 0 Å². The Kier molecular flexibility index (Phi) is 2.27. The zero-order chi connectivity index (χ0) is 10.3. The Labute approximate surface area is 83.4 Å². The fraction of sp³-hybridized carbons (Fsp3) is 0.900. The molecule has 0 aromatic heterocycles. The van der Waals surface area contributed by atoms with E-state index in [2.05, 4.69) is 0 Å². The average molecular weight is 199 g/mol. The number of aliphatic carboxylic acids is 1. The van der Waals surface area contributed by atoms with E-state index in [1.807, 2.05) is 6.92 Å². The second-order valence-corrected chi connectivity index (χ2v) is 4.60. The van der Waals surface area contributed by atoms with Crippen LogP contribution < -0.4 is 5.73 Å². The Balaban J connectivity index is 2.15. The van der Waals surface area contributed by atoms with E-state index < -0.39 is 11.4 Å². The van der Waals surface area contributed by atoms with Gasteiger partial charge >= 0.3 is 5.97 Å². The highest BCUT2D eigenvalue weighted by Crippen LogP contribution is 2.51. The number of rotatable bonds is 2. The Hall–Kier alpha value is -0.610. The third-order valence-corrected chi connectivity index (χ3v) is 3.76. The summed E-state index contributed by atoms with van der Waals surface area (Å²) in [5.74, 6) is -0.540. The van der Waals surface area contributed by atoms with Crippen LogP contribution in [0.4, 0.5) is 0 Å². The first-order valence-corrected chi connectivity index (χ1v) is 5.17. The van der Waals surface area contributed by atoms with Gasteiger partial charge < -0.3 is 15.6 Å². The molecular formula is C10H17NO3. The molecule has 0 aromatic carbocycles. The molecule has 2 fully saturated rings. The summed E-state index contributed by atoms with van der Waals surface area (Å²) in [6.07, 6.45) is 2.15. The van der Waals surface area contributed by atoms with Crippen LogP contribution in [0.3, 0.4) is 0 Å². The van der Waals surface area contributed by atoms with Crippen molar-refractivity contribution in [2.45, 2.75) is 38.3 Å². The van der Waals surface area contributed by atoms with E-state index in [0.29, 0.717) is 19.4 Å². The molecule has 2 rings (SSSR count). The first kappa shape index (κ1) is 9.93. The van der Waals surface area contributed by atoms with Gasteiger partial charge in [-0.05, 0) is 26.2 Å². The molecule has 1 aliphatic heterocycles. The predicted molar refractivity (Wildman–Crippen MR) is 50.8 cm³/mol. The number of carboxylic acid groups (broad SMARTS) is 1. The molecule has 0 aromatic rings. The van der Waals surface area contributed by atoms with Crippen LogP contribution in [0, 0.1) is 11.3 Å². The van der Waals surface area contributed by atoms with Crippen molar-refractivity contribution in [2.75, 3.05) is 6.61 Å². The molecule has 0 bridgehead atoms. The van der Waals surface area contributed by atoms with Crippen molar-refractivity contribution >= 4 is 5.97 Å². The highest BCUT2D eigenvalue weighted by Gasteiger charge is 2.56. The van der Waals surface area contributed by atoms with Crippen molar-refractivity contribution in [3.8, 4) is 0 Å². The summed E-state index contributed by atoms with van der Waals surface area (Å²) in [5.41, 5.74) is 5.11. The van der Waals surface area contributed by atoms with Crippen molar-refractivity contribution in [3.63, 3.8) is 0 Å². The van der Waals surface area contributed by atoms with Crippen LogP contribution in [0.5, 0.6) is 0 Å². The number of hydrogen-bond acceptors (Lipinski definition) is 3. The standard InChI is InChI=1S/C10H17NO3/c1-6-8(2-3-14-6)10(9(12)13)4-7(11)5-10/h6-8H,2-5,11H2,1H3,(H,12,13). The summed E-state index contributed by atoms with van der Waals surface area (Å²) in [5, 5.41) is 9.27. The van der Waals surface area contributed by atoms with Gasteiger partial charge in [-0.1, -0.05) is 0 Å². The number of hydrogen-bond donors (Lipinski definition) is 2. The van der Waals surface area contributed by atoms with Gasteiger partial charge in [-0.3, -0.25) is 4.79 Å². The van der Waals surface area contributed by atoms with E-state index in [0.717, 1.165) is 6.42 Å². The van der Waals surface area contributed by atoms with Crippen LogP contribution in [-0.4, -0.2) is 29.8 Å². The summed E-state index contributed by atoms with van der Waals surface area (Å²) in [6.45, 7) is 2.66. The summed E-state index contributed by atoms with van der Waals surface area (Å²) < 4.78 is 5.43. The fourth-order valence-electron chi connectivity index (χ4n) is 2.97. The minimum Gasteiger partial charge on any atom is -0.481 e. The minimum absolute atomic E-state index is 0.0681. The van der Waals surface area contributed by atoms with Gasteiger partial charge in [-0.15, -0.1) is 0 Å². The summed E-state index contributed by atoms with van der Waals surface area (Å²) in [7, 11) is 0. The molecule has 4 nitrogen and oxygen atoms in total. The van der Waals surface area contributed by atoms with E-state index in [-0.39, 0.29) is 18.1 Å². The van der Waals surface area contributed by atoms with E-state index in [9.17, 15) is 9.90 Å². The Morgan fingerprint density at radius 1 is 1.57 bits per heavy atom. The van der Waals surface area contributed by atoms with Crippen molar-refractivity contribution < 1.29 is 14.6 Å². The largest absolute Gasteiger partial charge is 0.481 e. The molecule has 1 saturated heterocycles. The number of carboxylic acids is 1. The minimum atomic E-state index is -0.693. The van der Waals surface area contributed by atoms with Crippen molar-refractivity contribution in [3.05, 3.63) is 0 Å². The molecule has 0 amide bonds. The maximum Gasteiger partial charge on any atom is 0.310 e. The highest BCUT2D eigenvalue weighted by molar-refractivity contribution is 5.76. The lowest BCUT2D eigenvalue weighted by molar-refractivity contribution is -0.163. The zero-order valence-corrected chi connectivity index (χ0v) is 8.40. The zero-order valence-electron chi connectivity index (χ0n) is 8.40. The smallest absolute Gasteiger partial charge is 0.310 e. The van der Waals surface area contributed by atoms with Crippen LogP contribution in [0.15, 0.2) is 0 Å². The summed E-state index contributed by atoms with van der Waals surface area (Å²) in [6, 6.07) is 0.0684. The molecule has 3 N–H and O–H groups in total. The van der Waals surface area contributed by atoms with Crippen LogP contribution in [0.2, 0.25) is 0 Å². The lowest BCUT2D eigenvalue weighted by atomic mass is 9.57. The molecule has 1 heterocycles. The van der Waals surface area contributed by atoms with E-state index in [1.165, 1.54) is 0 Å². The molecule has 1 saturated carbocycles. The second kappa shape index (κ2) is 3.21. The normalized spacial score (nSPS) is 47.4. The summed E-state index contributed by atoms with van der Waals surface area (Å²) >= 11 is 0. The number of ether oxygens (including phenoxy) is 1. The Morgan fingerprint density at radius 3 is 2.57 bits per heavy atom. The molecule has 80 valence electrons. The molecule has 0 spiro atoms. The Morgan fingerprint density at radius 2 is 2.21 bits per heavy atom. The van der Waals surface area contributed by atoms with Crippen LogP contribution >= 0.6 is 0 Å². The highest BCUT2D eigenvalue weighted by atomic mass is 16.5. The molecule has 1 aliphatic carbocycles. The predicted octanol–water partition coefficient (Wildman–Crippen LogP) is 0.603. The van der Waals surface area contributed by atoms with E-state index in [4.69, 9.17) is 10.5 Å². The van der Waals surface area contributed by atoms with Crippen LogP contribution in [0.25, 0.3) is 0 Å². The van der Waals surface area contributed by atoms with Crippen LogP contribution in [0.1, 0.15) is 26.2 Å². The Bertz CT molecular complexity index is 248. The van der Waals surface area contributed by atoms with Crippen molar-refractivity contribution in [1.29, 1.82) is 0 Å². The molecule has 2 aliphatic rings. The first-order valence-electron chi connectivity index (χ1n) is 5.17. The second-order valence-electron chi connectivity index (χ2n) is 4.60. The molecule has 0 radical (unpaired) electrons. The first-order chi connectivity index (χ1) is 6.56. The SMILES string of the molecule is CC1OCCC1C1(C(=O)O)CC(N)C1. The lowest BCUT2D eigenvalue weighted by Crippen LogP contribution is -2.56. The summed E-state index contributed by atoms with van der Waals surface area (Å²) in [4.78, 5) is 11.3. The van der Waals surface area contributed by atoms with Gasteiger partial charge in [0.2, 0.25) is 0 Å². The van der Waals surface area contributed by atoms with Crippen molar-refractivity contribution in [1.82, 2.24) is 0 Å². The van der Waals surface area contributed by atoms with Gasteiger partial charge in [0.15, 0.2) is 0 Å². The number of nitrogens with two attached hydrogens (primary N) is 1. The topological polar surface area (TPSA) is 72.5 Å². The van der Waals surface area contributed by atoms with Gasteiger partial charge in [0.25, 0.3) is 0 Å². The maximum absolute atomic E-state index is 11.3. The number of carbonyl (C=O) groups is 1. The molecule has 2 unspecified atom stereocenters. The van der Waals surface area contributed by atoms with Gasteiger partial charge in [-0.25, -0.2) is 0 Å². The van der Waals surface area contributed by atoms with Gasteiger partial charge in [0.05, 0.1) is 11.5 Å². The lowest BCUT2D eigenvalue weighted by Gasteiger charge is -2.47. The molecule has 14 heavy (non-hydrogen) atoms. The van der Waals surface area contributed by atoms with E-state index >= 15 is 0 Å². The maximum atomic E-state index is 11.3. The molecule has 2 atom stereocenters. The monoisotopic (exact) mass is 199 g/mol. The molecule has 4 heteroatoms. The van der Waals surface area contributed by atoms with Gasteiger partial charge in [0.1, 0.15) is 0 Å². The van der Waals surface area contributed by atoms with Crippen LogP contribution in [-0.2, 0) is 9.53 Å². The quantitative estimate of drug-likeness (QED) is 0.683. The third kappa shape index (κ3) is 1.25. The van der Waals surface area contributed by atoms with Crippen molar-refractivity contribution in [2.24, 2.45) is 17.1 Å². The fourth-order valence-corrected chi connectivity index (χ4v) is 2.97. The van der Waals surface area contributed by atoms with Gasteiger partial charge in [0, 0.05) is 18.6 Å².